The van der Waals surface area contributed by atoms with E-state index in [1.165, 1.54) is 5.56 Å². The fourth-order valence-electron chi connectivity index (χ4n) is 2.12. The quantitative estimate of drug-likeness (QED) is 0.870. The molecule has 2 rings (SSSR count). The van der Waals surface area contributed by atoms with Crippen LogP contribution in [-0.4, -0.2) is 24.0 Å². The summed E-state index contributed by atoms with van der Waals surface area (Å²) in [7, 11) is 0. The lowest BCUT2D eigenvalue weighted by Crippen LogP contribution is -2.23. The molecule has 1 amide bonds. The molecule has 0 spiro atoms. The lowest BCUT2D eigenvalue weighted by molar-refractivity contribution is 0.0958. The van der Waals surface area contributed by atoms with E-state index in [9.17, 15) is 4.79 Å². The number of ether oxygens (including phenoxy) is 1. The van der Waals surface area contributed by atoms with E-state index < -0.39 is 0 Å². The second-order valence-corrected chi connectivity index (χ2v) is 6.79. The highest BCUT2D eigenvalue weighted by atomic mass is 16.5. The van der Waals surface area contributed by atoms with Gasteiger partial charge in [0.2, 0.25) is 0 Å². The number of amides is 1. The third-order valence-corrected chi connectivity index (χ3v) is 3.67. The maximum atomic E-state index is 12.1. The molecule has 25 heavy (non-hydrogen) atoms. The summed E-state index contributed by atoms with van der Waals surface area (Å²) in [6.45, 7) is 8.91. The van der Waals surface area contributed by atoms with Crippen LogP contribution in [0.5, 0.6) is 5.75 Å². The molecule has 0 saturated heterocycles. The van der Waals surface area contributed by atoms with Gasteiger partial charge in [0, 0.05) is 11.3 Å². The first-order chi connectivity index (χ1) is 11.9. The second-order valence-electron chi connectivity index (χ2n) is 6.79. The predicted molar refractivity (Wildman–Crippen MR) is 99.7 cm³/mol. The van der Waals surface area contributed by atoms with E-state index in [1.54, 1.807) is 6.20 Å². The van der Waals surface area contributed by atoms with Crippen LogP contribution in [-0.2, 0) is 5.41 Å². The van der Waals surface area contributed by atoms with Gasteiger partial charge in [-0.2, -0.15) is 0 Å². The maximum Gasteiger partial charge on any atom is 0.252 e. The topological polar surface area (TPSA) is 51.2 Å². The van der Waals surface area contributed by atoms with E-state index in [4.69, 9.17) is 4.74 Å². The van der Waals surface area contributed by atoms with Crippen LogP contribution in [0, 0.1) is 18.8 Å². The van der Waals surface area contributed by atoms with E-state index in [2.05, 4.69) is 42.9 Å². The number of carbonyl (C=O) groups is 1. The van der Waals surface area contributed by atoms with Crippen LogP contribution >= 0.6 is 0 Å². The van der Waals surface area contributed by atoms with Gasteiger partial charge in [0.05, 0.1) is 12.7 Å². The standard InChI is InChI=1S/C21H24N2O2/c1-16-7-12-19(15-23-16)25-14-6-5-13-22-20(24)17-8-10-18(11-9-17)21(2,3)4/h7-12,15H,13-14H2,1-4H3,(H,22,24). The minimum atomic E-state index is -0.126. The highest BCUT2D eigenvalue weighted by Gasteiger charge is 2.13. The van der Waals surface area contributed by atoms with E-state index >= 15 is 0 Å². The molecule has 0 atom stereocenters. The fourth-order valence-corrected chi connectivity index (χ4v) is 2.12. The molecule has 0 radical (unpaired) electrons. The average molecular weight is 336 g/mol. The summed E-state index contributed by atoms with van der Waals surface area (Å²) < 4.78 is 5.45. The summed E-state index contributed by atoms with van der Waals surface area (Å²) in [5.41, 5.74) is 2.85. The van der Waals surface area contributed by atoms with Gasteiger partial charge in [0.15, 0.2) is 0 Å². The monoisotopic (exact) mass is 336 g/mol. The Morgan fingerprint density at radius 1 is 1.12 bits per heavy atom. The maximum absolute atomic E-state index is 12.1. The number of nitrogens with zero attached hydrogens (tertiary/aromatic N) is 1. The van der Waals surface area contributed by atoms with E-state index in [0.29, 0.717) is 11.3 Å². The van der Waals surface area contributed by atoms with Crippen molar-refractivity contribution < 1.29 is 9.53 Å². The van der Waals surface area contributed by atoms with Crippen molar-refractivity contribution in [2.45, 2.75) is 33.1 Å². The third kappa shape index (κ3) is 5.96. The Labute approximate surface area is 149 Å². The molecular weight excluding hydrogens is 312 g/mol. The van der Waals surface area contributed by atoms with Gasteiger partial charge in [-0.3, -0.25) is 9.78 Å². The number of carbonyl (C=O) groups excluding carboxylic acids is 1. The molecule has 0 fully saturated rings. The van der Waals surface area contributed by atoms with Crippen LogP contribution in [0.3, 0.4) is 0 Å². The highest BCUT2D eigenvalue weighted by Crippen LogP contribution is 2.22. The van der Waals surface area contributed by atoms with Gasteiger partial charge in [-0.15, -0.1) is 0 Å². The molecule has 4 nitrogen and oxygen atoms in total. The Kier molecular flexibility index (Phi) is 6.19. The molecule has 2 aromatic rings. The number of pyridine rings is 1. The van der Waals surface area contributed by atoms with Crippen molar-refractivity contribution in [1.82, 2.24) is 10.3 Å². The normalized spacial score (nSPS) is 10.6. The zero-order valence-corrected chi connectivity index (χ0v) is 15.2. The first-order valence-electron chi connectivity index (χ1n) is 8.26. The van der Waals surface area contributed by atoms with Crippen LogP contribution in [0.15, 0.2) is 42.6 Å². The summed E-state index contributed by atoms with van der Waals surface area (Å²) in [5.74, 6) is 6.30. The molecule has 1 aromatic carbocycles. The lowest BCUT2D eigenvalue weighted by Gasteiger charge is -2.18. The minimum Gasteiger partial charge on any atom is -0.479 e. The van der Waals surface area contributed by atoms with Crippen molar-refractivity contribution in [2.75, 3.05) is 13.2 Å². The van der Waals surface area contributed by atoms with Crippen molar-refractivity contribution in [3.05, 3.63) is 59.4 Å². The molecule has 0 aliphatic carbocycles. The fraction of sp³-hybridized carbons (Fsp3) is 0.333. The molecule has 0 aliphatic heterocycles. The average Bonchev–Trinajstić information content (AvgIpc) is 2.58. The van der Waals surface area contributed by atoms with Gasteiger partial charge in [0.25, 0.3) is 5.91 Å². The Balaban J connectivity index is 1.76. The summed E-state index contributed by atoms with van der Waals surface area (Å²) in [5, 5.41) is 2.78. The van der Waals surface area contributed by atoms with Crippen LogP contribution in [0.25, 0.3) is 0 Å². The summed E-state index contributed by atoms with van der Waals surface area (Å²) in [6, 6.07) is 11.4. The van der Waals surface area contributed by atoms with E-state index in [-0.39, 0.29) is 24.5 Å². The van der Waals surface area contributed by atoms with Gasteiger partial charge < -0.3 is 10.1 Å². The summed E-state index contributed by atoms with van der Waals surface area (Å²) in [4.78, 5) is 16.2. The van der Waals surface area contributed by atoms with Gasteiger partial charge in [-0.05, 0) is 42.2 Å². The molecule has 1 aromatic heterocycles. The first kappa shape index (κ1) is 18.5. The highest BCUT2D eigenvalue weighted by molar-refractivity contribution is 5.94. The van der Waals surface area contributed by atoms with Crippen LogP contribution in [0.2, 0.25) is 0 Å². The van der Waals surface area contributed by atoms with Crippen molar-refractivity contribution in [2.24, 2.45) is 0 Å². The lowest BCUT2D eigenvalue weighted by atomic mass is 9.87. The Morgan fingerprint density at radius 2 is 1.84 bits per heavy atom. The molecule has 0 aliphatic rings. The third-order valence-electron chi connectivity index (χ3n) is 3.67. The summed E-state index contributed by atoms with van der Waals surface area (Å²) in [6.07, 6.45) is 1.67. The molecule has 1 N–H and O–H groups in total. The largest absolute Gasteiger partial charge is 0.479 e. The summed E-state index contributed by atoms with van der Waals surface area (Å²) >= 11 is 0. The smallest absolute Gasteiger partial charge is 0.252 e. The number of benzene rings is 1. The van der Waals surface area contributed by atoms with Crippen molar-refractivity contribution in [1.29, 1.82) is 0 Å². The van der Waals surface area contributed by atoms with Crippen molar-refractivity contribution in [3.8, 4) is 17.6 Å². The Hall–Kier alpha value is -2.80. The number of rotatable bonds is 4. The van der Waals surface area contributed by atoms with Gasteiger partial charge in [0.1, 0.15) is 12.4 Å². The van der Waals surface area contributed by atoms with Gasteiger partial charge in [-0.1, -0.05) is 44.7 Å². The first-order valence-corrected chi connectivity index (χ1v) is 8.26. The molecule has 130 valence electrons. The zero-order valence-electron chi connectivity index (χ0n) is 15.2. The SMILES string of the molecule is Cc1ccc(OCC#CCNC(=O)c2ccc(C(C)(C)C)cc2)cn1. The van der Waals surface area contributed by atoms with Crippen molar-refractivity contribution >= 4 is 5.91 Å². The zero-order chi connectivity index (χ0) is 18.3. The Bertz CT molecular complexity index is 761. The number of aromatic nitrogens is 1. The second kappa shape index (κ2) is 8.34. The van der Waals surface area contributed by atoms with Crippen LogP contribution < -0.4 is 10.1 Å². The van der Waals surface area contributed by atoms with Gasteiger partial charge in [-0.25, -0.2) is 0 Å². The number of hydrogen-bond donors (Lipinski definition) is 1. The molecule has 0 saturated carbocycles. The van der Waals surface area contributed by atoms with Crippen molar-refractivity contribution in [3.63, 3.8) is 0 Å². The van der Waals surface area contributed by atoms with Crippen LogP contribution in [0.4, 0.5) is 0 Å². The molecular formula is C21H24N2O2. The molecule has 0 bridgehead atoms. The van der Waals surface area contributed by atoms with E-state index in [1.807, 2.05) is 43.3 Å². The number of nitrogens with one attached hydrogen (secondary N) is 1. The van der Waals surface area contributed by atoms with E-state index in [0.717, 1.165) is 5.69 Å². The minimum absolute atomic E-state index is 0.0768. The number of aryl methyl sites for hydroxylation is 1. The van der Waals surface area contributed by atoms with Crippen LogP contribution in [0.1, 0.15) is 42.4 Å². The molecule has 4 heteroatoms. The molecule has 1 heterocycles. The predicted octanol–water partition coefficient (Wildman–Crippen LogP) is 3.50. The van der Waals surface area contributed by atoms with Gasteiger partial charge >= 0.3 is 0 Å². The Morgan fingerprint density at radius 3 is 2.44 bits per heavy atom. The molecule has 0 unspecified atom stereocenters. The number of hydrogen-bond acceptors (Lipinski definition) is 3.